The Morgan fingerprint density at radius 2 is 1.92 bits per heavy atom. The van der Waals surface area contributed by atoms with E-state index in [1.54, 1.807) is 49.4 Å². The van der Waals surface area contributed by atoms with Crippen molar-refractivity contribution >= 4 is 43.3 Å². The number of para-hydroxylation sites is 1. The number of benzene rings is 2. The van der Waals surface area contributed by atoms with Crippen LogP contribution >= 0.6 is 15.9 Å². The first-order valence-corrected chi connectivity index (χ1v) is 10.2. The molecular weight excluding hydrogens is 422 g/mol. The molecule has 0 saturated carbocycles. The minimum atomic E-state index is -3.66. The number of carbonyl (C=O) groups excluding carboxylic acids is 1. The first kappa shape index (κ1) is 19.9. The third-order valence-electron chi connectivity index (χ3n) is 3.43. The average Bonchev–Trinajstić information content (AvgIpc) is 2.57. The number of hydrazone groups is 1. The van der Waals surface area contributed by atoms with Crippen molar-refractivity contribution in [2.75, 3.05) is 17.1 Å². The largest absolute Gasteiger partial charge is 0.507 e. The van der Waals surface area contributed by atoms with Gasteiger partial charge in [0, 0.05) is 10.0 Å². The SMILES string of the molecule is C/C(=N/NC(=O)CN(c1cccc(Br)c1)S(C)(=O)=O)c1ccccc1O. The molecule has 0 aromatic heterocycles. The van der Waals surface area contributed by atoms with Crippen molar-refractivity contribution in [3.05, 3.63) is 58.6 Å². The number of nitrogens with zero attached hydrogens (tertiary/aromatic N) is 2. The zero-order valence-electron chi connectivity index (χ0n) is 14.2. The molecule has 0 unspecified atom stereocenters. The van der Waals surface area contributed by atoms with E-state index in [-0.39, 0.29) is 5.75 Å². The standard InChI is InChI=1S/C17H18BrN3O4S/c1-12(15-8-3-4-9-16(15)22)19-20-17(23)11-21(26(2,24)25)14-7-5-6-13(18)10-14/h3-10,22H,11H2,1-2H3,(H,20,23)/b19-12-. The Balaban J connectivity index is 2.16. The quantitative estimate of drug-likeness (QED) is 0.533. The first-order valence-electron chi connectivity index (χ1n) is 7.53. The molecule has 0 radical (unpaired) electrons. The molecule has 2 N–H and O–H groups in total. The van der Waals surface area contributed by atoms with Gasteiger partial charge >= 0.3 is 0 Å². The van der Waals surface area contributed by atoms with Gasteiger partial charge in [-0.15, -0.1) is 0 Å². The highest BCUT2D eigenvalue weighted by molar-refractivity contribution is 9.10. The fraction of sp³-hybridized carbons (Fsp3) is 0.176. The number of sulfonamides is 1. The minimum Gasteiger partial charge on any atom is -0.507 e. The molecular formula is C17H18BrN3O4S. The molecule has 9 heteroatoms. The van der Waals surface area contributed by atoms with Crippen molar-refractivity contribution in [3.63, 3.8) is 0 Å². The third-order valence-corrected chi connectivity index (χ3v) is 5.06. The maximum atomic E-state index is 12.2. The maximum absolute atomic E-state index is 12.2. The van der Waals surface area contributed by atoms with Gasteiger partial charge in [-0.1, -0.05) is 34.1 Å². The van der Waals surface area contributed by atoms with Gasteiger partial charge < -0.3 is 5.11 Å². The Labute approximate surface area is 160 Å². The van der Waals surface area contributed by atoms with Crippen LogP contribution in [0.4, 0.5) is 5.69 Å². The van der Waals surface area contributed by atoms with Crippen LogP contribution in [-0.4, -0.2) is 37.9 Å². The molecule has 2 aromatic rings. The summed E-state index contributed by atoms with van der Waals surface area (Å²) in [7, 11) is -3.66. The Morgan fingerprint density at radius 3 is 2.54 bits per heavy atom. The predicted molar refractivity (Wildman–Crippen MR) is 105 cm³/mol. The number of nitrogens with one attached hydrogen (secondary N) is 1. The monoisotopic (exact) mass is 439 g/mol. The molecule has 7 nitrogen and oxygen atoms in total. The molecule has 0 saturated heterocycles. The number of phenols is 1. The smallest absolute Gasteiger partial charge is 0.260 e. The van der Waals surface area contributed by atoms with Crippen LogP contribution in [0.1, 0.15) is 12.5 Å². The lowest BCUT2D eigenvalue weighted by molar-refractivity contribution is -0.119. The topological polar surface area (TPSA) is 99.1 Å². The van der Waals surface area contributed by atoms with Gasteiger partial charge in [-0.3, -0.25) is 9.10 Å². The normalized spacial score (nSPS) is 11.9. The lowest BCUT2D eigenvalue weighted by Gasteiger charge is -2.21. The second-order valence-corrected chi connectivity index (χ2v) is 8.32. The van der Waals surface area contributed by atoms with Crippen LogP contribution in [0, 0.1) is 0 Å². The number of anilines is 1. The maximum Gasteiger partial charge on any atom is 0.260 e. The van der Waals surface area contributed by atoms with Crippen LogP contribution in [0.3, 0.4) is 0 Å². The molecule has 0 heterocycles. The zero-order chi connectivity index (χ0) is 19.3. The van der Waals surface area contributed by atoms with Crippen LogP contribution in [0.5, 0.6) is 5.75 Å². The molecule has 0 aliphatic heterocycles. The van der Waals surface area contributed by atoms with E-state index in [0.717, 1.165) is 10.6 Å². The van der Waals surface area contributed by atoms with Gasteiger partial charge in [0.25, 0.3) is 5.91 Å². The molecule has 0 bridgehead atoms. The molecule has 1 amide bonds. The van der Waals surface area contributed by atoms with Gasteiger partial charge in [-0.2, -0.15) is 5.10 Å². The van der Waals surface area contributed by atoms with Gasteiger partial charge in [0.05, 0.1) is 17.7 Å². The summed E-state index contributed by atoms with van der Waals surface area (Å²) in [6, 6.07) is 13.2. The van der Waals surface area contributed by atoms with Crippen LogP contribution in [0.25, 0.3) is 0 Å². The summed E-state index contributed by atoms with van der Waals surface area (Å²) in [6.45, 7) is 1.20. The lowest BCUT2D eigenvalue weighted by atomic mass is 10.1. The number of aromatic hydroxyl groups is 1. The van der Waals surface area contributed by atoms with E-state index in [9.17, 15) is 18.3 Å². The lowest BCUT2D eigenvalue weighted by Crippen LogP contribution is -2.39. The van der Waals surface area contributed by atoms with Crippen LogP contribution < -0.4 is 9.73 Å². The van der Waals surface area contributed by atoms with Crippen LogP contribution in [0.15, 0.2) is 58.1 Å². The summed E-state index contributed by atoms with van der Waals surface area (Å²) < 4.78 is 25.8. The number of rotatable bonds is 6. The molecule has 26 heavy (non-hydrogen) atoms. The second-order valence-electron chi connectivity index (χ2n) is 5.50. The Morgan fingerprint density at radius 1 is 1.23 bits per heavy atom. The summed E-state index contributed by atoms with van der Waals surface area (Å²) in [6.07, 6.45) is 1.03. The van der Waals surface area contributed by atoms with E-state index in [0.29, 0.717) is 21.4 Å². The molecule has 0 spiro atoms. The fourth-order valence-electron chi connectivity index (χ4n) is 2.18. The number of hydrogen-bond acceptors (Lipinski definition) is 5. The summed E-state index contributed by atoms with van der Waals surface area (Å²) in [5, 5.41) is 13.7. The van der Waals surface area contributed by atoms with Crippen LogP contribution in [0.2, 0.25) is 0 Å². The summed E-state index contributed by atoms with van der Waals surface area (Å²) >= 11 is 3.28. The highest BCUT2D eigenvalue weighted by Gasteiger charge is 2.21. The fourth-order valence-corrected chi connectivity index (χ4v) is 3.42. The van der Waals surface area contributed by atoms with E-state index < -0.39 is 22.5 Å². The molecule has 0 aliphatic carbocycles. The molecule has 138 valence electrons. The molecule has 0 fully saturated rings. The molecule has 0 atom stereocenters. The van der Waals surface area contributed by atoms with Gasteiger partial charge in [0.1, 0.15) is 12.3 Å². The number of phenolic OH excluding ortho intramolecular Hbond substituents is 1. The number of halogens is 1. The predicted octanol–water partition coefficient (Wildman–Crippen LogP) is 2.46. The zero-order valence-corrected chi connectivity index (χ0v) is 16.6. The highest BCUT2D eigenvalue weighted by atomic mass is 79.9. The number of amides is 1. The van der Waals surface area contributed by atoms with Crippen molar-refractivity contribution in [3.8, 4) is 5.75 Å². The van der Waals surface area contributed by atoms with Gasteiger partial charge in [-0.25, -0.2) is 13.8 Å². The van der Waals surface area contributed by atoms with Gasteiger partial charge in [0.15, 0.2) is 0 Å². The number of carbonyl (C=O) groups is 1. The van der Waals surface area contributed by atoms with Crippen molar-refractivity contribution < 1.29 is 18.3 Å². The highest BCUT2D eigenvalue weighted by Crippen LogP contribution is 2.22. The van der Waals surface area contributed by atoms with Crippen molar-refractivity contribution in [2.45, 2.75) is 6.92 Å². The van der Waals surface area contributed by atoms with Crippen molar-refractivity contribution in [1.29, 1.82) is 0 Å². The van der Waals surface area contributed by atoms with E-state index in [4.69, 9.17) is 0 Å². The average molecular weight is 440 g/mol. The van der Waals surface area contributed by atoms with E-state index >= 15 is 0 Å². The summed E-state index contributed by atoms with van der Waals surface area (Å²) in [5.74, 6) is -0.569. The number of hydrogen-bond donors (Lipinski definition) is 2. The van der Waals surface area contributed by atoms with Crippen molar-refractivity contribution in [1.82, 2.24) is 5.43 Å². The van der Waals surface area contributed by atoms with E-state index in [1.165, 1.54) is 6.07 Å². The van der Waals surface area contributed by atoms with E-state index in [1.807, 2.05) is 0 Å². The van der Waals surface area contributed by atoms with E-state index in [2.05, 4.69) is 26.5 Å². The van der Waals surface area contributed by atoms with Gasteiger partial charge in [-0.05, 0) is 37.3 Å². The van der Waals surface area contributed by atoms with Gasteiger partial charge in [0.2, 0.25) is 10.0 Å². The summed E-state index contributed by atoms with van der Waals surface area (Å²) in [4.78, 5) is 12.2. The second kappa shape index (κ2) is 8.33. The Bertz CT molecular complexity index is 945. The molecule has 2 aromatic carbocycles. The third kappa shape index (κ3) is 5.30. The first-order chi connectivity index (χ1) is 12.2. The molecule has 0 aliphatic rings. The Kier molecular flexibility index (Phi) is 6.38. The minimum absolute atomic E-state index is 0.0369. The summed E-state index contributed by atoms with van der Waals surface area (Å²) in [5.41, 5.74) is 3.54. The van der Waals surface area contributed by atoms with Crippen molar-refractivity contribution in [2.24, 2.45) is 5.10 Å². The Hall–Kier alpha value is -2.39. The molecule has 2 rings (SSSR count). The van der Waals surface area contributed by atoms with Crippen LogP contribution in [-0.2, 0) is 14.8 Å².